The highest BCUT2D eigenvalue weighted by Crippen LogP contribution is 2.25. The van der Waals surface area contributed by atoms with Crippen molar-refractivity contribution in [3.8, 4) is 5.75 Å². The van der Waals surface area contributed by atoms with E-state index in [0.717, 1.165) is 11.3 Å². The standard InChI is InChI=1S/C12H13NO2S/c1-9(14)11-4-2-3-5-12(11)15-6-10-7-16-8-13-10/h2-5,7-9,14H,6H2,1H3/t9-/m0/s1. The first-order valence-electron chi connectivity index (χ1n) is 5.04. The maximum atomic E-state index is 9.57. The Hall–Kier alpha value is -1.39. The summed E-state index contributed by atoms with van der Waals surface area (Å²) in [6, 6.07) is 7.50. The number of hydrogen-bond donors (Lipinski definition) is 1. The molecule has 0 fully saturated rings. The van der Waals surface area contributed by atoms with Gasteiger partial charge in [-0.1, -0.05) is 18.2 Å². The molecule has 0 bridgehead atoms. The van der Waals surface area contributed by atoms with Gasteiger partial charge in [0, 0.05) is 10.9 Å². The molecule has 4 heteroatoms. The number of nitrogens with zero attached hydrogens (tertiary/aromatic N) is 1. The molecule has 0 amide bonds. The molecule has 0 aliphatic heterocycles. The zero-order valence-corrected chi connectivity index (χ0v) is 9.78. The summed E-state index contributed by atoms with van der Waals surface area (Å²) in [5.74, 6) is 0.713. The number of benzene rings is 1. The van der Waals surface area contributed by atoms with Gasteiger partial charge in [0.25, 0.3) is 0 Å². The molecule has 1 atom stereocenters. The fourth-order valence-corrected chi connectivity index (χ4v) is 1.96. The van der Waals surface area contributed by atoms with Gasteiger partial charge in [0.1, 0.15) is 12.4 Å². The number of thiazole rings is 1. The van der Waals surface area contributed by atoms with Gasteiger partial charge in [0.15, 0.2) is 0 Å². The first-order chi connectivity index (χ1) is 7.77. The van der Waals surface area contributed by atoms with Crippen LogP contribution in [0.15, 0.2) is 35.2 Å². The summed E-state index contributed by atoms with van der Waals surface area (Å²) in [5.41, 5.74) is 3.49. The van der Waals surface area contributed by atoms with E-state index >= 15 is 0 Å². The Morgan fingerprint density at radius 1 is 1.44 bits per heavy atom. The molecule has 0 saturated carbocycles. The van der Waals surface area contributed by atoms with Crippen molar-refractivity contribution in [2.75, 3.05) is 0 Å². The van der Waals surface area contributed by atoms with Crippen LogP contribution in [0.1, 0.15) is 24.3 Å². The van der Waals surface area contributed by atoms with Gasteiger partial charge in [-0.15, -0.1) is 11.3 Å². The van der Waals surface area contributed by atoms with E-state index in [9.17, 15) is 5.11 Å². The minimum atomic E-state index is -0.522. The summed E-state index contributed by atoms with van der Waals surface area (Å²) >= 11 is 1.54. The quantitative estimate of drug-likeness (QED) is 0.886. The molecule has 1 aromatic carbocycles. The molecule has 1 N–H and O–H groups in total. The maximum Gasteiger partial charge on any atom is 0.131 e. The van der Waals surface area contributed by atoms with Crippen molar-refractivity contribution in [2.24, 2.45) is 0 Å². The Labute approximate surface area is 98.4 Å². The van der Waals surface area contributed by atoms with Gasteiger partial charge in [-0.25, -0.2) is 4.98 Å². The second-order valence-corrected chi connectivity index (χ2v) is 4.20. The van der Waals surface area contributed by atoms with Crippen LogP contribution in [0.4, 0.5) is 0 Å². The van der Waals surface area contributed by atoms with Crippen molar-refractivity contribution in [2.45, 2.75) is 19.6 Å². The van der Waals surface area contributed by atoms with Gasteiger partial charge in [0.2, 0.25) is 0 Å². The zero-order chi connectivity index (χ0) is 11.4. The molecule has 2 rings (SSSR count). The third-order valence-electron chi connectivity index (χ3n) is 2.23. The first-order valence-corrected chi connectivity index (χ1v) is 5.98. The topological polar surface area (TPSA) is 42.4 Å². The summed E-state index contributed by atoms with van der Waals surface area (Å²) in [5, 5.41) is 11.5. The molecule has 1 aromatic heterocycles. The molecule has 0 unspecified atom stereocenters. The Bertz CT molecular complexity index is 440. The summed E-state index contributed by atoms with van der Waals surface area (Å²) in [7, 11) is 0. The molecule has 1 heterocycles. The van der Waals surface area contributed by atoms with Crippen molar-refractivity contribution >= 4 is 11.3 Å². The van der Waals surface area contributed by atoms with Gasteiger partial charge >= 0.3 is 0 Å². The maximum absolute atomic E-state index is 9.57. The summed E-state index contributed by atoms with van der Waals surface area (Å²) in [4.78, 5) is 4.14. The highest BCUT2D eigenvalue weighted by Gasteiger charge is 2.08. The SMILES string of the molecule is C[C@H](O)c1ccccc1OCc1cscn1. The van der Waals surface area contributed by atoms with Crippen LogP contribution in [0.3, 0.4) is 0 Å². The van der Waals surface area contributed by atoms with E-state index in [1.54, 1.807) is 23.8 Å². The number of aromatic nitrogens is 1. The van der Waals surface area contributed by atoms with E-state index in [0.29, 0.717) is 12.4 Å². The minimum absolute atomic E-state index is 0.438. The van der Waals surface area contributed by atoms with E-state index in [2.05, 4.69) is 4.98 Å². The van der Waals surface area contributed by atoms with Crippen molar-refractivity contribution in [3.05, 3.63) is 46.4 Å². The Morgan fingerprint density at radius 2 is 2.25 bits per heavy atom. The van der Waals surface area contributed by atoms with Crippen LogP contribution in [0.5, 0.6) is 5.75 Å². The fraction of sp³-hybridized carbons (Fsp3) is 0.250. The van der Waals surface area contributed by atoms with Crippen molar-refractivity contribution in [1.82, 2.24) is 4.98 Å². The lowest BCUT2D eigenvalue weighted by molar-refractivity contribution is 0.190. The van der Waals surface area contributed by atoms with Gasteiger partial charge in [-0.05, 0) is 13.0 Å². The molecule has 3 nitrogen and oxygen atoms in total. The van der Waals surface area contributed by atoms with Gasteiger partial charge in [-0.2, -0.15) is 0 Å². The minimum Gasteiger partial charge on any atom is -0.487 e. The molecule has 16 heavy (non-hydrogen) atoms. The monoisotopic (exact) mass is 235 g/mol. The lowest BCUT2D eigenvalue weighted by Gasteiger charge is -2.12. The van der Waals surface area contributed by atoms with Crippen LogP contribution in [-0.4, -0.2) is 10.1 Å². The highest BCUT2D eigenvalue weighted by molar-refractivity contribution is 7.07. The van der Waals surface area contributed by atoms with Crippen LogP contribution >= 0.6 is 11.3 Å². The normalized spacial score (nSPS) is 12.4. The molecule has 0 saturated heterocycles. The summed E-state index contributed by atoms with van der Waals surface area (Å²) < 4.78 is 5.63. The van der Waals surface area contributed by atoms with E-state index in [4.69, 9.17) is 4.74 Å². The predicted octanol–water partition coefficient (Wildman–Crippen LogP) is 2.78. The number of aliphatic hydroxyl groups excluding tert-OH is 1. The Morgan fingerprint density at radius 3 is 2.94 bits per heavy atom. The first kappa shape index (κ1) is 11.1. The van der Waals surface area contributed by atoms with Crippen LogP contribution in [0.25, 0.3) is 0 Å². The molecule has 0 aliphatic rings. The lowest BCUT2D eigenvalue weighted by atomic mass is 10.1. The fourth-order valence-electron chi connectivity index (χ4n) is 1.42. The number of ether oxygens (including phenoxy) is 1. The molecule has 2 aromatic rings. The second kappa shape index (κ2) is 5.09. The van der Waals surface area contributed by atoms with Crippen molar-refractivity contribution < 1.29 is 9.84 Å². The van der Waals surface area contributed by atoms with Crippen LogP contribution in [-0.2, 0) is 6.61 Å². The molecule has 0 radical (unpaired) electrons. The summed E-state index contributed by atoms with van der Waals surface area (Å²) in [6.45, 7) is 2.16. The third kappa shape index (κ3) is 2.59. The molecule has 0 aliphatic carbocycles. The Kier molecular flexibility index (Phi) is 3.54. The van der Waals surface area contributed by atoms with Gasteiger partial charge in [-0.3, -0.25) is 0 Å². The zero-order valence-electron chi connectivity index (χ0n) is 8.96. The average Bonchev–Trinajstić information content (AvgIpc) is 2.79. The Balaban J connectivity index is 2.09. The van der Waals surface area contributed by atoms with E-state index in [1.807, 2.05) is 29.6 Å². The smallest absolute Gasteiger partial charge is 0.131 e. The molecule has 0 spiro atoms. The number of aliphatic hydroxyl groups is 1. The molecular formula is C12H13NO2S. The number of para-hydroxylation sites is 1. The average molecular weight is 235 g/mol. The van der Waals surface area contributed by atoms with Crippen molar-refractivity contribution in [3.63, 3.8) is 0 Å². The van der Waals surface area contributed by atoms with Crippen LogP contribution in [0, 0.1) is 0 Å². The van der Waals surface area contributed by atoms with Crippen LogP contribution in [0.2, 0.25) is 0 Å². The third-order valence-corrected chi connectivity index (χ3v) is 2.86. The predicted molar refractivity (Wildman–Crippen MR) is 63.5 cm³/mol. The van der Waals surface area contributed by atoms with E-state index in [1.165, 1.54) is 0 Å². The van der Waals surface area contributed by atoms with E-state index < -0.39 is 6.10 Å². The number of rotatable bonds is 4. The molecular weight excluding hydrogens is 222 g/mol. The largest absolute Gasteiger partial charge is 0.487 e. The van der Waals surface area contributed by atoms with Gasteiger partial charge < -0.3 is 9.84 Å². The summed E-state index contributed by atoms with van der Waals surface area (Å²) in [6.07, 6.45) is -0.522. The molecule has 84 valence electrons. The lowest BCUT2D eigenvalue weighted by Crippen LogP contribution is -2.00. The second-order valence-electron chi connectivity index (χ2n) is 3.48. The van der Waals surface area contributed by atoms with Crippen molar-refractivity contribution in [1.29, 1.82) is 0 Å². The number of hydrogen-bond acceptors (Lipinski definition) is 4. The van der Waals surface area contributed by atoms with Gasteiger partial charge in [0.05, 0.1) is 17.3 Å². The highest BCUT2D eigenvalue weighted by atomic mass is 32.1. The van der Waals surface area contributed by atoms with Crippen LogP contribution < -0.4 is 4.74 Å². The van der Waals surface area contributed by atoms with E-state index in [-0.39, 0.29) is 0 Å².